The fourth-order valence-corrected chi connectivity index (χ4v) is 2.15. The molecule has 0 saturated heterocycles. The van der Waals surface area contributed by atoms with Crippen molar-refractivity contribution < 1.29 is 9.53 Å². The van der Waals surface area contributed by atoms with Crippen molar-refractivity contribution in [2.24, 2.45) is 0 Å². The zero-order chi connectivity index (χ0) is 12.7. The van der Waals surface area contributed by atoms with Gasteiger partial charge in [-0.05, 0) is 0 Å². The Hall–Kier alpha value is -1.13. The molecule has 0 unspecified atom stereocenters. The van der Waals surface area contributed by atoms with E-state index >= 15 is 0 Å². The van der Waals surface area contributed by atoms with Crippen molar-refractivity contribution in [2.45, 2.75) is 26.2 Å². The van der Waals surface area contributed by atoms with Gasteiger partial charge < -0.3 is 0 Å². The van der Waals surface area contributed by atoms with Crippen molar-refractivity contribution in [1.82, 2.24) is 5.32 Å². The molecule has 0 aliphatic carbocycles. The van der Waals surface area contributed by atoms with Crippen molar-refractivity contribution in [3.05, 3.63) is 35.9 Å². The predicted octanol–water partition coefficient (Wildman–Crippen LogP) is 1.93. The van der Waals surface area contributed by atoms with E-state index in [-0.39, 0.29) is 12.5 Å². The number of nitrogens with one attached hydrogen (secondary N) is 1. The van der Waals surface area contributed by atoms with E-state index in [0.29, 0.717) is 6.61 Å². The molecule has 1 N–H and O–H groups in total. The molecule has 0 bridgehead atoms. The number of amides is 1. The van der Waals surface area contributed by atoms with Crippen LogP contribution in [0.15, 0.2) is 30.3 Å². The first kappa shape index (κ1) is 13.9. The van der Waals surface area contributed by atoms with Crippen molar-refractivity contribution in [3.63, 3.8) is 0 Å². The van der Waals surface area contributed by atoms with E-state index in [4.69, 9.17) is 4.74 Å². The summed E-state index contributed by atoms with van der Waals surface area (Å²) in [7, 11) is -1.47. The van der Waals surface area contributed by atoms with Crippen LogP contribution in [-0.2, 0) is 16.1 Å². The van der Waals surface area contributed by atoms with E-state index in [0.717, 1.165) is 11.7 Å². The van der Waals surface area contributed by atoms with Gasteiger partial charge >= 0.3 is 104 Å². The molecule has 0 heterocycles. The Kier molecular flexibility index (Phi) is 5.38. The Morgan fingerprint density at radius 1 is 1.24 bits per heavy atom. The van der Waals surface area contributed by atoms with Crippen LogP contribution >= 0.6 is 0 Å². The van der Waals surface area contributed by atoms with Crippen molar-refractivity contribution in [1.29, 1.82) is 0 Å². The third kappa shape index (κ3) is 6.91. The molecule has 3 nitrogen and oxygen atoms in total. The molecule has 1 rings (SSSR count). The zero-order valence-corrected chi connectivity index (χ0v) is 12.1. The van der Waals surface area contributed by atoms with Gasteiger partial charge in [-0.25, -0.2) is 0 Å². The second kappa shape index (κ2) is 6.57. The van der Waals surface area contributed by atoms with Gasteiger partial charge in [0.15, 0.2) is 0 Å². The quantitative estimate of drug-likeness (QED) is 0.786. The first-order chi connectivity index (χ1) is 7.97. The summed E-state index contributed by atoms with van der Waals surface area (Å²) in [4.78, 5) is 11.5. The standard InChI is InChI=1S/C13H22NO2Si/c1-17(2,3)11-14-13(15)10-16-9-12-7-5-4-6-8-12/h4-8,17H,9-11H2,1-3H3,(H,14,15)/q-1. The van der Waals surface area contributed by atoms with Crippen LogP contribution in [-0.4, -0.2) is 26.8 Å². The normalized spacial score (nSPS) is 12.2. The summed E-state index contributed by atoms with van der Waals surface area (Å²) in [6, 6.07) is 9.87. The minimum absolute atomic E-state index is 0.0177. The van der Waals surface area contributed by atoms with Crippen LogP contribution in [0.1, 0.15) is 5.56 Å². The van der Waals surface area contributed by atoms with Gasteiger partial charge in [-0.1, -0.05) is 0 Å². The second-order valence-electron chi connectivity index (χ2n) is 5.74. The number of benzene rings is 1. The van der Waals surface area contributed by atoms with Crippen LogP contribution in [0.5, 0.6) is 0 Å². The third-order valence-corrected chi connectivity index (χ3v) is 3.69. The van der Waals surface area contributed by atoms with E-state index < -0.39 is 8.07 Å². The average molecular weight is 252 g/mol. The summed E-state index contributed by atoms with van der Waals surface area (Å²) < 4.78 is 5.35. The van der Waals surface area contributed by atoms with Crippen LogP contribution in [0.3, 0.4) is 0 Å². The van der Waals surface area contributed by atoms with Gasteiger partial charge in [-0.2, -0.15) is 0 Å². The number of carbonyl (C=O) groups is 1. The van der Waals surface area contributed by atoms with Crippen LogP contribution in [0.25, 0.3) is 0 Å². The summed E-state index contributed by atoms with van der Waals surface area (Å²) in [6.07, 6.45) is 0.834. The maximum atomic E-state index is 11.5. The third-order valence-electron chi connectivity index (χ3n) is 2.26. The number of hydrogen-bond donors (Lipinski definition) is 1. The molecule has 0 aromatic heterocycles. The molecule has 1 aromatic carbocycles. The molecular weight excluding hydrogens is 230 g/mol. The van der Waals surface area contributed by atoms with Gasteiger partial charge in [-0.15, -0.1) is 0 Å². The molecule has 0 saturated carbocycles. The maximum absolute atomic E-state index is 11.5. The first-order valence-electron chi connectivity index (χ1n) is 6.14. The zero-order valence-electron chi connectivity index (χ0n) is 10.9. The van der Waals surface area contributed by atoms with E-state index in [1.54, 1.807) is 0 Å². The van der Waals surface area contributed by atoms with Crippen molar-refractivity contribution in [2.75, 3.05) is 12.8 Å². The molecule has 1 amide bonds. The van der Waals surface area contributed by atoms with E-state index in [1.165, 1.54) is 0 Å². The summed E-state index contributed by atoms with van der Waals surface area (Å²) in [6.45, 7) is 7.38. The van der Waals surface area contributed by atoms with E-state index in [1.807, 2.05) is 30.3 Å². The Morgan fingerprint density at radius 2 is 1.88 bits per heavy atom. The van der Waals surface area contributed by atoms with Crippen molar-refractivity contribution in [3.8, 4) is 0 Å². The number of ether oxygens (including phenoxy) is 1. The molecule has 96 valence electrons. The summed E-state index contributed by atoms with van der Waals surface area (Å²) in [5, 5.41) is 2.92. The van der Waals surface area contributed by atoms with Crippen LogP contribution in [0, 0.1) is 0 Å². The van der Waals surface area contributed by atoms with Gasteiger partial charge in [-0.3, -0.25) is 0 Å². The fraction of sp³-hybridized carbons (Fsp3) is 0.462. The van der Waals surface area contributed by atoms with E-state index in [9.17, 15) is 4.79 Å². The molecule has 17 heavy (non-hydrogen) atoms. The van der Waals surface area contributed by atoms with Crippen LogP contribution in [0.2, 0.25) is 19.6 Å². The molecule has 0 aliphatic rings. The average Bonchev–Trinajstić information content (AvgIpc) is 2.27. The number of rotatable bonds is 6. The first-order valence-corrected chi connectivity index (χ1v) is 10.4. The topological polar surface area (TPSA) is 38.3 Å². The molecular formula is C13H22NO2Si-. The van der Waals surface area contributed by atoms with Gasteiger partial charge in [0, 0.05) is 0 Å². The molecule has 0 radical (unpaired) electrons. The number of hydrogen-bond acceptors (Lipinski definition) is 2. The monoisotopic (exact) mass is 252 g/mol. The summed E-state index contributed by atoms with van der Waals surface area (Å²) >= 11 is 0. The molecule has 0 fully saturated rings. The second-order valence-corrected chi connectivity index (χ2v) is 12.1. The van der Waals surface area contributed by atoms with Crippen molar-refractivity contribution >= 4 is 14.0 Å². The number of carbonyl (C=O) groups excluding carboxylic acids is 1. The Labute approximate surface area is 104 Å². The van der Waals surface area contributed by atoms with Gasteiger partial charge in [0.05, 0.1) is 0 Å². The molecule has 0 aliphatic heterocycles. The van der Waals surface area contributed by atoms with Gasteiger partial charge in [0.2, 0.25) is 0 Å². The summed E-state index contributed by atoms with van der Waals surface area (Å²) in [5.41, 5.74) is 1.09. The van der Waals surface area contributed by atoms with Crippen LogP contribution in [0.4, 0.5) is 0 Å². The molecule has 4 heteroatoms. The Bertz CT molecular complexity index is 346. The predicted molar refractivity (Wildman–Crippen MR) is 73.8 cm³/mol. The molecule has 1 aromatic rings. The van der Waals surface area contributed by atoms with E-state index in [2.05, 4.69) is 25.0 Å². The van der Waals surface area contributed by atoms with Gasteiger partial charge in [0.25, 0.3) is 0 Å². The summed E-state index contributed by atoms with van der Waals surface area (Å²) in [5.74, 6) is -0.0177. The Morgan fingerprint density at radius 3 is 2.47 bits per heavy atom. The SMILES string of the molecule is C[SiH-](C)(C)CNC(=O)COCc1ccccc1. The van der Waals surface area contributed by atoms with Crippen LogP contribution < -0.4 is 5.32 Å². The Balaban J connectivity index is 2.17. The molecule has 0 atom stereocenters. The fourth-order valence-electron chi connectivity index (χ4n) is 1.31. The minimum atomic E-state index is -1.47. The van der Waals surface area contributed by atoms with Gasteiger partial charge in [0.1, 0.15) is 0 Å². The molecule has 0 spiro atoms.